The number of alkyl halides is 3. The quantitative estimate of drug-likeness (QED) is 0.610. The zero-order valence-corrected chi connectivity index (χ0v) is 15.8. The molecule has 0 spiro atoms. The van der Waals surface area contributed by atoms with Crippen LogP contribution in [0.15, 0.2) is 30.5 Å². The standard InChI is InChI=1S/C20H26F3N3O.CH4/c1-19(2,3)15-9-14(11-25-8-4-7-24)18(27)16(10-15)13-5-6-17(26-12-13)20(21,22)23;/h5-6,9-10,12,25,27H,4,7-8,11,24H2,1-3H3;1H4. The van der Waals surface area contributed by atoms with E-state index in [9.17, 15) is 18.3 Å². The van der Waals surface area contributed by atoms with Crippen LogP contribution in [0.1, 0.15) is 51.4 Å². The van der Waals surface area contributed by atoms with Gasteiger partial charge in [0.15, 0.2) is 0 Å². The maximum atomic E-state index is 12.8. The van der Waals surface area contributed by atoms with Gasteiger partial charge in [-0.3, -0.25) is 4.98 Å². The zero-order chi connectivity index (χ0) is 20.2. The average molecular weight is 397 g/mol. The molecule has 0 radical (unpaired) electrons. The molecule has 0 unspecified atom stereocenters. The van der Waals surface area contributed by atoms with Crippen molar-refractivity contribution in [3.05, 3.63) is 47.3 Å². The van der Waals surface area contributed by atoms with Crippen molar-refractivity contribution in [3.63, 3.8) is 0 Å². The van der Waals surface area contributed by atoms with E-state index in [1.807, 2.05) is 32.9 Å². The minimum absolute atomic E-state index is 0. The summed E-state index contributed by atoms with van der Waals surface area (Å²) in [4.78, 5) is 3.51. The summed E-state index contributed by atoms with van der Waals surface area (Å²) in [6, 6.07) is 6.00. The van der Waals surface area contributed by atoms with E-state index in [2.05, 4.69) is 10.3 Å². The van der Waals surface area contributed by atoms with E-state index in [0.717, 1.165) is 24.2 Å². The second-order valence-corrected chi connectivity index (χ2v) is 7.53. The van der Waals surface area contributed by atoms with Crippen molar-refractivity contribution in [2.75, 3.05) is 13.1 Å². The predicted octanol–water partition coefficient (Wildman–Crippen LogP) is 4.85. The Hall–Kier alpha value is -2.12. The summed E-state index contributed by atoms with van der Waals surface area (Å²) in [5.74, 6) is 0.0461. The lowest BCUT2D eigenvalue weighted by Gasteiger charge is -2.23. The van der Waals surface area contributed by atoms with Crippen molar-refractivity contribution in [2.24, 2.45) is 5.73 Å². The van der Waals surface area contributed by atoms with E-state index >= 15 is 0 Å². The Morgan fingerprint density at radius 2 is 1.82 bits per heavy atom. The molecule has 0 amide bonds. The molecule has 1 aromatic carbocycles. The fraction of sp³-hybridized carbons (Fsp3) is 0.476. The van der Waals surface area contributed by atoms with Gasteiger partial charge < -0.3 is 16.2 Å². The summed E-state index contributed by atoms with van der Waals surface area (Å²) in [5.41, 5.74) is 6.92. The van der Waals surface area contributed by atoms with Gasteiger partial charge in [-0.15, -0.1) is 0 Å². The number of aromatic nitrogens is 1. The van der Waals surface area contributed by atoms with Crippen molar-refractivity contribution in [1.29, 1.82) is 0 Å². The van der Waals surface area contributed by atoms with Crippen molar-refractivity contribution in [1.82, 2.24) is 10.3 Å². The van der Waals surface area contributed by atoms with Gasteiger partial charge in [-0.1, -0.05) is 40.3 Å². The molecule has 0 bridgehead atoms. The molecule has 0 saturated carbocycles. The molecule has 0 aliphatic carbocycles. The van der Waals surface area contributed by atoms with E-state index < -0.39 is 11.9 Å². The summed E-state index contributed by atoms with van der Waals surface area (Å²) < 4.78 is 38.3. The molecule has 0 aliphatic rings. The Morgan fingerprint density at radius 3 is 2.32 bits per heavy atom. The van der Waals surface area contributed by atoms with Gasteiger partial charge in [0.25, 0.3) is 0 Å². The number of hydrogen-bond acceptors (Lipinski definition) is 4. The maximum absolute atomic E-state index is 12.8. The molecule has 1 aromatic heterocycles. The lowest BCUT2D eigenvalue weighted by molar-refractivity contribution is -0.141. The van der Waals surface area contributed by atoms with Crippen LogP contribution in [0.25, 0.3) is 11.1 Å². The molecule has 2 aromatic rings. The molecule has 4 N–H and O–H groups in total. The lowest BCUT2D eigenvalue weighted by Crippen LogP contribution is -2.19. The fourth-order valence-corrected chi connectivity index (χ4v) is 2.65. The molecule has 0 saturated heterocycles. The van der Waals surface area contributed by atoms with E-state index in [1.54, 1.807) is 0 Å². The minimum Gasteiger partial charge on any atom is -0.507 e. The molecule has 7 heteroatoms. The highest BCUT2D eigenvalue weighted by molar-refractivity contribution is 5.72. The van der Waals surface area contributed by atoms with Crippen LogP contribution in [0.4, 0.5) is 13.2 Å². The predicted molar refractivity (Wildman–Crippen MR) is 107 cm³/mol. The number of aromatic hydroxyl groups is 1. The summed E-state index contributed by atoms with van der Waals surface area (Å²) in [7, 11) is 0. The van der Waals surface area contributed by atoms with Gasteiger partial charge >= 0.3 is 6.18 Å². The van der Waals surface area contributed by atoms with Gasteiger partial charge in [0.05, 0.1) is 0 Å². The summed E-state index contributed by atoms with van der Waals surface area (Å²) in [6.45, 7) is 7.85. The molecule has 0 aliphatic heterocycles. The minimum atomic E-state index is -4.49. The van der Waals surface area contributed by atoms with Gasteiger partial charge in [-0.25, -0.2) is 0 Å². The number of nitrogens with zero attached hydrogens (tertiary/aromatic N) is 1. The molecule has 0 atom stereocenters. The maximum Gasteiger partial charge on any atom is 0.433 e. The van der Waals surface area contributed by atoms with Gasteiger partial charge in [-0.2, -0.15) is 13.2 Å². The molecule has 0 fully saturated rings. The van der Waals surface area contributed by atoms with Crippen LogP contribution in [-0.4, -0.2) is 23.2 Å². The summed E-state index contributed by atoms with van der Waals surface area (Å²) >= 11 is 0. The Labute approximate surface area is 165 Å². The first-order chi connectivity index (χ1) is 12.5. The molecule has 156 valence electrons. The first kappa shape index (κ1) is 23.9. The smallest absolute Gasteiger partial charge is 0.433 e. The summed E-state index contributed by atoms with van der Waals surface area (Å²) in [6.07, 6.45) is -2.53. The third kappa shape index (κ3) is 5.94. The van der Waals surface area contributed by atoms with E-state index in [0.29, 0.717) is 36.3 Å². The van der Waals surface area contributed by atoms with E-state index in [4.69, 9.17) is 5.73 Å². The van der Waals surface area contributed by atoms with Crippen LogP contribution in [-0.2, 0) is 18.1 Å². The number of phenols is 1. The first-order valence-corrected chi connectivity index (χ1v) is 8.85. The number of pyridine rings is 1. The van der Waals surface area contributed by atoms with Crippen LogP contribution in [0.3, 0.4) is 0 Å². The monoisotopic (exact) mass is 397 g/mol. The second kappa shape index (κ2) is 9.39. The third-order valence-electron chi connectivity index (χ3n) is 4.29. The van der Waals surface area contributed by atoms with Gasteiger partial charge in [-0.05, 0) is 42.6 Å². The molecular formula is C21H30F3N3O. The lowest BCUT2D eigenvalue weighted by atomic mass is 9.84. The second-order valence-electron chi connectivity index (χ2n) is 7.53. The zero-order valence-electron chi connectivity index (χ0n) is 15.8. The largest absolute Gasteiger partial charge is 0.507 e. The number of phenolic OH excluding ortho intramolecular Hbond substituents is 1. The number of hydrogen-bond donors (Lipinski definition) is 3. The van der Waals surface area contributed by atoms with Crippen LogP contribution in [0.2, 0.25) is 0 Å². The highest BCUT2D eigenvalue weighted by atomic mass is 19.4. The molecule has 1 heterocycles. The normalized spacial score (nSPS) is 12.0. The number of nitrogens with two attached hydrogens (primary N) is 1. The molecule has 28 heavy (non-hydrogen) atoms. The van der Waals surface area contributed by atoms with Crippen molar-refractivity contribution < 1.29 is 18.3 Å². The SMILES string of the molecule is C.CC(C)(C)c1cc(CNCCCN)c(O)c(-c2ccc(C(F)(F)F)nc2)c1. The van der Waals surface area contributed by atoms with Crippen LogP contribution in [0, 0.1) is 0 Å². The van der Waals surface area contributed by atoms with Crippen LogP contribution >= 0.6 is 0 Å². The third-order valence-corrected chi connectivity index (χ3v) is 4.29. The van der Waals surface area contributed by atoms with E-state index in [1.165, 1.54) is 6.07 Å². The topological polar surface area (TPSA) is 71.2 Å². The Bertz CT molecular complexity index is 766. The van der Waals surface area contributed by atoms with Crippen LogP contribution < -0.4 is 11.1 Å². The van der Waals surface area contributed by atoms with Gasteiger partial charge in [0.2, 0.25) is 0 Å². The van der Waals surface area contributed by atoms with E-state index in [-0.39, 0.29) is 18.6 Å². The van der Waals surface area contributed by atoms with Crippen molar-refractivity contribution in [2.45, 2.75) is 52.8 Å². The van der Waals surface area contributed by atoms with Crippen LogP contribution in [0.5, 0.6) is 5.75 Å². The van der Waals surface area contributed by atoms with Gasteiger partial charge in [0, 0.05) is 29.4 Å². The molecule has 4 nitrogen and oxygen atoms in total. The number of rotatable bonds is 6. The Balaban J connectivity index is 0.00000392. The Kier molecular flexibility index (Phi) is 8.02. The summed E-state index contributed by atoms with van der Waals surface area (Å²) in [5, 5.41) is 13.9. The fourth-order valence-electron chi connectivity index (χ4n) is 2.65. The molecule has 2 rings (SSSR count). The highest BCUT2D eigenvalue weighted by Gasteiger charge is 2.32. The van der Waals surface area contributed by atoms with Crippen molar-refractivity contribution in [3.8, 4) is 16.9 Å². The number of halogens is 3. The van der Waals surface area contributed by atoms with Gasteiger partial charge in [0.1, 0.15) is 11.4 Å². The van der Waals surface area contributed by atoms with Crippen molar-refractivity contribution >= 4 is 0 Å². The molecular weight excluding hydrogens is 367 g/mol. The number of benzene rings is 1. The average Bonchev–Trinajstić information content (AvgIpc) is 2.58. The highest BCUT2D eigenvalue weighted by Crippen LogP contribution is 2.38. The first-order valence-electron chi connectivity index (χ1n) is 8.85. The Morgan fingerprint density at radius 1 is 1.14 bits per heavy atom. The number of nitrogens with one attached hydrogen (secondary N) is 1.